The maximum absolute atomic E-state index is 12.5. The first-order valence-corrected chi connectivity index (χ1v) is 9.21. The van der Waals surface area contributed by atoms with Crippen LogP contribution < -0.4 is 10.1 Å². The zero-order chi connectivity index (χ0) is 19.2. The van der Waals surface area contributed by atoms with E-state index in [-0.39, 0.29) is 5.91 Å². The Hall–Kier alpha value is -2.64. The summed E-state index contributed by atoms with van der Waals surface area (Å²) < 4.78 is 13.5. The number of benzene rings is 2. The fraction of sp³-hybridized carbons (Fsp3) is 0.200. The van der Waals surface area contributed by atoms with Crippen LogP contribution in [0.3, 0.4) is 0 Å². The Kier molecular flexibility index (Phi) is 6.26. The number of rotatable bonds is 7. The first-order chi connectivity index (χ1) is 13.1. The van der Waals surface area contributed by atoms with Crippen LogP contribution in [0.4, 0.5) is 5.69 Å². The third-order valence-corrected chi connectivity index (χ3v) is 4.37. The number of hydrogen-bond donors (Lipinski definition) is 1. The molecule has 6 nitrogen and oxygen atoms in total. The Morgan fingerprint density at radius 1 is 1.26 bits per heavy atom. The highest BCUT2D eigenvalue weighted by atomic mass is 79.9. The van der Waals surface area contributed by atoms with Crippen molar-refractivity contribution in [1.82, 2.24) is 9.78 Å². The van der Waals surface area contributed by atoms with Gasteiger partial charge in [0.15, 0.2) is 0 Å². The van der Waals surface area contributed by atoms with Crippen LogP contribution in [0.2, 0.25) is 0 Å². The average Bonchev–Trinajstić information content (AvgIpc) is 3.12. The summed E-state index contributed by atoms with van der Waals surface area (Å²) >= 11 is 3.38. The molecule has 1 atom stereocenters. The SMILES string of the molecule is COc1cccc(COC(C)C(=O)Nc2ccccc2-n2cc(Br)cn2)c1. The van der Waals surface area contributed by atoms with Gasteiger partial charge in [-0.1, -0.05) is 24.3 Å². The van der Waals surface area contributed by atoms with E-state index in [2.05, 4.69) is 26.3 Å². The fourth-order valence-electron chi connectivity index (χ4n) is 2.51. The molecule has 1 unspecified atom stereocenters. The predicted molar refractivity (Wildman–Crippen MR) is 107 cm³/mol. The zero-order valence-corrected chi connectivity index (χ0v) is 16.6. The molecule has 27 heavy (non-hydrogen) atoms. The van der Waals surface area contributed by atoms with Gasteiger partial charge < -0.3 is 14.8 Å². The fourth-order valence-corrected chi connectivity index (χ4v) is 2.79. The molecular weight excluding hydrogens is 410 g/mol. The van der Waals surface area contributed by atoms with E-state index in [1.807, 2.05) is 54.7 Å². The van der Waals surface area contributed by atoms with Crippen molar-refractivity contribution in [2.45, 2.75) is 19.6 Å². The first-order valence-electron chi connectivity index (χ1n) is 8.42. The van der Waals surface area contributed by atoms with Gasteiger partial charge in [-0.2, -0.15) is 5.10 Å². The average molecular weight is 430 g/mol. The van der Waals surface area contributed by atoms with Crippen LogP contribution in [0.5, 0.6) is 5.75 Å². The van der Waals surface area contributed by atoms with E-state index >= 15 is 0 Å². The maximum atomic E-state index is 12.5. The van der Waals surface area contributed by atoms with E-state index < -0.39 is 6.10 Å². The number of halogens is 1. The summed E-state index contributed by atoms with van der Waals surface area (Å²) in [5.74, 6) is 0.532. The highest BCUT2D eigenvalue weighted by molar-refractivity contribution is 9.10. The number of carbonyl (C=O) groups excluding carboxylic acids is 1. The van der Waals surface area contributed by atoms with Crippen LogP contribution in [-0.2, 0) is 16.1 Å². The van der Waals surface area contributed by atoms with Gasteiger partial charge in [0.1, 0.15) is 11.9 Å². The van der Waals surface area contributed by atoms with Crippen LogP contribution in [0.15, 0.2) is 65.4 Å². The molecule has 0 radical (unpaired) electrons. The molecule has 0 aliphatic carbocycles. The van der Waals surface area contributed by atoms with E-state index in [0.717, 1.165) is 21.5 Å². The molecule has 0 aliphatic heterocycles. The van der Waals surface area contributed by atoms with Gasteiger partial charge in [0.05, 0.1) is 35.8 Å². The number of nitrogens with one attached hydrogen (secondary N) is 1. The van der Waals surface area contributed by atoms with Gasteiger partial charge in [-0.15, -0.1) is 0 Å². The molecule has 0 saturated heterocycles. The van der Waals surface area contributed by atoms with Crippen molar-refractivity contribution in [1.29, 1.82) is 0 Å². The van der Waals surface area contributed by atoms with Crippen LogP contribution in [-0.4, -0.2) is 28.9 Å². The minimum Gasteiger partial charge on any atom is -0.497 e. The number of aromatic nitrogens is 2. The van der Waals surface area contributed by atoms with Crippen molar-refractivity contribution in [3.63, 3.8) is 0 Å². The quantitative estimate of drug-likeness (QED) is 0.611. The van der Waals surface area contributed by atoms with Gasteiger partial charge >= 0.3 is 0 Å². The van der Waals surface area contributed by atoms with Crippen LogP contribution in [0.25, 0.3) is 5.69 Å². The standard InChI is InChI=1S/C20H20BrN3O3/c1-14(27-13-15-6-5-7-17(10-15)26-2)20(25)23-18-8-3-4-9-19(18)24-12-16(21)11-22-24/h3-12,14H,13H2,1-2H3,(H,23,25). The monoisotopic (exact) mass is 429 g/mol. The summed E-state index contributed by atoms with van der Waals surface area (Å²) in [6.07, 6.45) is 2.90. The topological polar surface area (TPSA) is 65.4 Å². The van der Waals surface area contributed by atoms with E-state index in [4.69, 9.17) is 9.47 Å². The van der Waals surface area contributed by atoms with Crippen molar-refractivity contribution in [3.05, 3.63) is 71.0 Å². The highest BCUT2D eigenvalue weighted by Gasteiger charge is 2.16. The largest absolute Gasteiger partial charge is 0.497 e. The number of anilines is 1. The third kappa shape index (κ3) is 4.96. The van der Waals surface area contributed by atoms with E-state index in [0.29, 0.717) is 12.3 Å². The smallest absolute Gasteiger partial charge is 0.253 e. The summed E-state index contributed by atoms with van der Waals surface area (Å²) in [7, 11) is 1.62. The van der Waals surface area contributed by atoms with Gasteiger partial charge in [0, 0.05) is 6.20 Å². The lowest BCUT2D eigenvalue weighted by molar-refractivity contribution is -0.127. The van der Waals surface area contributed by atoms with Gasteiger partial charge in [0.2, 0.25) is 0 Å². The summed E-state index contributed by atoms with van der Waals surface area (Å²) in [4.78, 5) is 12.5. The molecular formula is C20H20BrN3O3. The van der Waals surface area contributed by atoms with Crippen molar-refractivity contribution >= 4 is 27.5 Å². The number of para-hydroxylation sites is 2. The van der Waals surface area contributed by atoms with Gasteiger partial charge in [-0.25, -0.2) is 4.68 Å². The third-order valence-electron chi connectivity index (χ3n) is 3.96. The number of methoxy groups -OCH3 is 1. The lowest BCUT2D eigenvalue weighted by atomic mass is 10.2. The minimum atomic E-state index is -0.617. The Labute approximate surface area is 166 Å². The van der Waals surface area contributed by atoms with Crippen LogP contribution in [0.1, 0.15) is 12.5 Å². The molecule has 7 heteroatoms. The number of carbonyl (C=O) groups is 1. The molecule has 0 bridgehead atoms. The maximum Gasteiger partial charge on any atom is 0.253 e. The summed E-state index contributed by atoms with van der Waals surface area (Å²) in [6, 6.07) is 15.0. The molecule has 1 aromatic heterocycles. The molecule has 2 aromatic carbocycles. The molecule has 3 rings (SSSR count). The van der Waals surface area contributed by atoms with Crippen molar-refractivity contribution in [3.8, 4) is 11.4 Å². The Balaban J connectivity index is 1.65. The highest BCUT2D eigenvalue weighted by Crippen LogP contribution is 2.21. The van der Waals surface area contributed by atoms with Gasteiger partial charge in [0.25, 0.3) is 5.91 Å². The summed E-state index contributed by atoms with van der Waals surface area (Å²) in [5.41, 5.74) is 2.38. The lowest BCUT2D eigenvalue weighted by Crippen LogP contribution is -2.28. The summed E-state index contributed by atoms with van der Waals surface area (Å²) in [6.45, 7) is 2.04. The molecule has 140 valence electrons. The second-order valence-electron chi connectivity index (χ2n) is 5.91. The second-order valence-corrected chi connectivity index (χ2v) is 6.83. The van der Waals surface area contributed by atoms with Gasteiger partial charge in [-0.3, -0.25) is 4.79 Å². The van der Waals surface area contributed by atoms with Gasteiger partial charge in [-0.05, 0) is 52.7 Å². The molecule has 1 N–H and O–H groups in total. The lowest BCUT2D eigenvalue weighted by Gasteiger charge is -2.16. The van der Waals surface area contributed by atoms with Crippen molar-refractivity contribution in [2.24, 2.45) is 0 Å². The van der Waals surface area contributed by atoms with E-state index in [1.54, 1.807) is 24.9 Å². The zero-order valence-electron chi connectivity index (χ0n) is 15.1. The Morgan fingerprint density at radius 3 is 2.81 bits per heavy atom. The first kappa shape index (κ1) is 19.1. The Bertz CT molecular complexity index is 926. The Morgan fingerprint density at radius 2 is 2.07 bits per heavy atom. The molecule has 0 saturated carbocycles. The molecule has 0 fully saturated rings. The van der Waals surface area contributed by atoms with E-state index in [1.165, 1.54) is 0 Å². The molecule has 3 aromatic rings. The summed E-state index contributed by atoms with van der Waals surface area (Å²) in [5, 5.41) is 7.18. The van der Waals surface area contributed by atoms with Crippen LogP contribution >= 0.6 is 15.9 Å². The number of ether oxygens (including phenoxy) is 2. The molecule has 1 heterocycles. The van der Waals surface area contributed by atoms with E-state index in [9.17, 15) is 4.79 Å². The van der Waals surface area contributed by atoms with Crippen molar-refractivity contribution < 1.29 is 14.3 Å². The normalized spacial score (nSPS) is 11.8. The molecule has 0 aliphatic rings. The number of hydrogen-bond acceptors (Lipinski definition) is 4. The molecule has 0 spiro atoms. The predicted octanol–water partition coefficient (Wildman–Crippen LogP) is 4.19. The van der Waals surface area contributed by atoms with Crippen LogP contribution in [0, 0.1) is 0 Å². The minimum absolute atomic E-state index is 0.225. The number of nitrogens with zero attached hydrogens (tertiary/aromatic N) is 2. The molecule has 1 amide bonds. The number of amides is 1. The second kappa shape index (κ2) is 8.83. The van der Waals surface area contributed by atoms with Crippen molar-refractivity contribution in [2.75, 3.05) is 12.4 Å².